The molecule has 5 amide bonds. The third kappa shape index (κ3) is 8.75. The summed E-state index contributed by atoms with van der Waals surface area (Å²) in [5.74, 6) is -5.86. The molecule has 2 heterocycles. The zero-order chi connectivity index (χ0) is 35.7. The van der Waals surface area contributed by atoms with Gasteiger partial charge in [-0.2, -0.15) is 0 Å². The highest BCUT2D eigenvalue weighted by Crippen LogP contribution is 2.46. The number of allylic oxidation sites excluding steroid dienone is 1. The lowest BCUT2D eigenvalue weighted by atomic mass is 10.0. The summed E-state index contributed by atoms with van der Waals surface area (Å²) < 4.78 is 60.3. The Bertz CT molecular complexity index is 1640. The molecule has 0 radical (unpaired) electrons. The molecular formula is C33H43F2N5O8S. The van der Waals surface area contributed by atoms with Crippen LogP contribution in [0.25, 0.3) is 0 Å². The summed E-state index contributed by atoms with van der Waals surface area (Å²) in [4.78, 5) is 68.8. The summed E-state index contributed by atoms with van der Waals surface area (Å²) >= 11 is 0. The van der Waals surface area contributed by atoms with E-state index >= 15 is 0 Å². The Morgan fingerprint density at radius 2 is 1.76 bits per heavy atom. The van der Waals surface area contributed by atoms with Gasteiger partial charge in [0.25, 0.3) is 11.8 Å². The van der Waals surface area contributed by atoms with E-state index in [-0.39, 0.29) is 31.4 Å². The Balaban J connectivity index is 1.43. The van der Waals surface area contributed by atoms with Crippen molar-refractivity contribution in [2.45, 2.75) is 113 Å². The van der Waals surface area contributed by atoms with Gasteiger partial charge in [-0.3, -0.25) is 23.9 Å². The number of rotatable bonds is 6. The Hall–Kier alpha value is -4.08. The molecule has 13 nitrogen and oxygen atoms in total. The molecule has 5 rings (SSSR count). The second-order valence-corrected chi connectivity index (χ2v) is 16.2. The maximum Gasteiger partial charge on any atom is 0.408 e. The van der Waals surface area contributed by atoms with Gasteiger partial charge in [-0.05, 0) is 83.9 Å². The van der Waals surface area contributed by atoms with Crippen LogP contribution in [0.3, 0.4) is 0 Å². The van der Waals surface area contributed by atoms with Crippen LogP contribution in [0.1, 0.15) is 88.9 Å². The third-order valence-corrected chi connectivity index (χ3v) is 10.9. The summed E-state index contributed by atoms with van der Waals surface area (Å²) in [6, 6.07) is -0.542. The van der Waals surface area contributed by atoms with Crippen molar-refractivity contribution in [3.05, 3.63) is 47.5 Å². The highest BCUT2D eigenvalue weighted by Gasteiger charge is 2.62. The van der Waals surface area contributed by atoms with Crippen molar-refractivity contribution in [3.8, 4) is 0 Å². The molecule has 0 bridgehead atoms. The van der Waals surface area contributed by atoms with E-state index in [0.717, 1.165) is 24.6 Å². The quantitative estimate of drug-likeness (QED) is 0.326. The number of nitrogens with one attached hydrogen (secondary N) is 4. The van der Waals surface area contributed by atoms with Gasteiger partial charge in [-0.15, -0.1) is 0 Å². The van der Waals surface area contributed by atoms with Gasteiger partial charge in [0.15, 0.2) is 11.6 Å². The Kier molecular flexibility index (Phi) is 10.4. The zero-order valence-corrected chi connectivity index (χ0v) is 28.5. The van der Waals surface area contributed by atoms with Crippen LogP contribution in [-0.4, -0.2) is 84.1 Å². The maximum absolute atomic E-state index is 14.2. The van der Waals surface area contributed by atoms with Gasteiger partial charge in [0.1, 0.15) is 23.2 Å². The van der Waals surface area contributed by atoms with E-state index in [2.05, 4.69) is 20.7 Å². The molecule has 1 aromatic rings. The molecule has 0 spiro atoms. The molecule has 1 aromatic carbocycles. The number of alkyl carbamates (subject to hydrolysis) is 1. The molecule has 49 heavy (non-hydrogen) atoms. The minimum atomic E-state index is -3.93. The smallest absolute Gasteiger partial charge is 0.408 e. The predicted molar refractivity (Wildman–Crippen MR) is 172 cm³/mol. The summed E-state index contributed by atoms with van der Waals surface area (Å²) in [7, 11) is -3.93. The van der Waals surface area contributed by atoms with Crippen molar-refractivity contribution in [3.63, 3.8) is 0 Å². The zero-order valence-electron chi connectivity index (χ0n) is 27.7. The van der Waals surface area contributed by atoms with E-state index in [4.69, 9.17) is 4.74 Å². The van der Waals surface area contributed by atoms with Crippen molar-refractivity contribution in [2.24, 2.45) is 5.92 Å². The number of hydrogen-bond acceptors (Lipinski definition) is 8. The van der Waals surface area contributed by atoms with Crippen LogP contribution in [0.5, 0.6) is 0 Å². The van der Waals surface area contributed by atoms with E-state index in [9.17, 15) is 41.2 Å². The fraction of sp³-hybridized carbons (Fsp3) is 0.606. The lowest BCUT2D eigenvalue weighted by Crippen LogP contribution is -2.58. The van der Waals surface area contributed by atoms with Gasteiger partial charge < -0.3 is 25.6 Å². The highest BCUT2D eigenvalue weighted by atomic mass is 32.2. The lowest BCUT2D eigenvalue weighted by Gasteiger charge is -2.30. The normalized spacial score (nSPS) is 28.5. The average molecular weight is 708 g/mol. The number of carbonyl (C=O) groups excluding carboxylic acids is 5. The maximum atomic E-state index is 14.2. The second kappa shape index (κ2) is 14.0. The van der Waals surface area contributed by atoms with Crippen LogP contribution in [0, 0.1) is 17.6 Å². The number of sulfonamides is 1. The number of benzene rings is 1. The number of ether oxygens (including phenoxy) is 1. The summed E-state index contributed by atoms with van der Waals surface area (Å²) in [6.45, 7) is 4.84. The van der Waals surface area contributed by atoms with Gasteiger partial charge in [0, 0.05) is 24.1 Å². The number of amides is 5. The Morgan fingerprint density at radius 3 is 2.43 bits per heavy atom. The minimum absolute atomic E-state index is 0.120. The molecule has 2 aliphatic heterocycles. The average Bonchev–Trinajstić information content (AvgIpc) is 3.93. The molecular weight excluding hydrogens is 664 g/mol. The number of halogens is 2. The minimum Gasteiger partial charge on any atom is -0.444 e. The first-order valence-corrected chi connectivity index (χ1v) is 18.1. The van der Waals surface area contributed by atoms with Crippen molar-refractivity contribution in [1.82, 2.24) is 25.6 Å². The molecule has 0 unspecified atom stereocenters. The number of hydrogen-bond donors (Lipinski definition) is 4. The molecule has 16 heteroatoms. The topological polar surface area (TPSA) is 180 Å². The van der Waals surface area contributed by atoms with Crippen LogP contribution in [0.2, 0.25) is 0 Å². The van der Waals surface area contributed by atoms with Crippen molar-refractivity contribution < 1.29 is 45.9 Å². The van der Waals surface area contributed by atoms with E-state index in [0.29, 0.717) is 32.1 Å². The first-order valence-electron chi connectivity index (χ1n) is 16.6. The Labute approximate surface area is 284 Å². The van der Waals surface area contributed by atoms with E-state index in [1.807, 2.05) is 6.08 Å². The van der Waals surface area contributed by atoms with E-state index in [1.165, 1.54) is 4.90 Å². The second-order valence-electron chi connectivity index (χ2n) is 14.3. The molecule has 0 aromatic heterocycles. The number of carbonyl (C=O) groups is 5. The van der Waals surface area contributed by atoms with Gasteiger partial charge >= 0.3 is 6.09 Å². The first kappa shape index (κ1) is 36.2. The Morgan fingerprint density at radius 1 is 1.02 bits per heavy atom. The van der Waals surface area contributed by atoms with Crippen LogP contribution in [0.4, 0.5) is 13.6 Å². The molecule has 1 saturated heterocycles. The molecule has 3 fully saturated rings. The molecule has 2 aliphatic carbocycles. The standard InChI is InChI=1S/C33H43F2N5O8S/c1-32(2,3)48-31(45)37-25-10-8-6-4-5-7-9-20-17-33(20,30(44)39-49(46,47)22-12-13-22)38-28(42)26-16-21(18-40(26)29(25)43)36-27(41)19-11-14-23(34)24(35)15-19/h7,9,11,14-15,20-22,25-26H,4-6,8,10,12-13,16-18H2,1-3H3,(H,36,41)(H,37,45)(H,38,42)(H,39,44)/b9-7-/t20-,21+,25-,26-,33+/m0/s1. The van der Waals surface area contributed by atoms with Crippen molar-refractivity contribution >= 4 is 39.7 Å². The third-order valence-electron chi connectivity index (χ3n) is 9.09. The van der Waals surface area contributed by atoms with Crippen LogP contribution >= 0.6 is 0 Å². The van der Waals surface area contributed by atoms with E-state index in [1.54, 1.807) is 26.8 Å². The largest absolute Gasteiger partial charge is 0.444 e. The van der Waals surface area contributed by atoms with Crippen molar-refractivity contribution in [2.75, 3.05) is 6.54 Å². The molecule has 4 N–H and O–H groups in total. The SMILES string of the molecule is CC(C)(C)OC(=O)N[C@H]1CCCCC/C=C\[C@H]2C[C@@]2(C(=O)NS(=O)(=O)C2CC2)NC(=O)[C@@H]2C[C@@H](NC(=O)c3ccc(F)c(F)c3)CN2C1=O. The number of nitrogens with zero attached hydrogens (tertiary/aromatic N) is 1. The summed E-state index contributed by atoms with van der Waals surface area (Å²) in [5, 5.41) is 7.37. The first-order chi connectivity index (χ1) is 23.0. The monoisotopic (exact) mass is 707 g/mol. The molecule has 5 atom stereocenters. The fourth-order valence-electron chi connectivity index (χ4n) is 6.26. The predicted octanol–water partition coefficient (Wildman–Crippen LogP) is 2.56. The van der Waals surface area contributed by atoms with Gasteiger partial charge in [0.05, 0.1) is 5.25 Å². The molecule has 268 valence electrons. The fourth-order valence-corrected chi connectivity index (χ4v) is 7.62. The van der Waals surface area contributed by atoms with Gasteiger partial charge in [-0.1, -0.05) is 25.0 Å². The summed E-state index contributed by atoms with van der Waals surface area (Å²) in [6.07, 6.45) is 6.59. The van der Waals surface area contributed by atoms with Crippen LogP contribution < -0.4 is 20.7 Å². The van der Waals surface area contributed by atoms with Crippen LogP contribution in [0.15, 0.2) is 30.4 Å². The lowest BCUT2D eigenvalue weighted by molar-refractivity contribution is -0.141. The van der Waals surface area contributed by atoms with Gasteiger partial charge in [0.2, 0.25) is 21.8 Å². The number of fused-ring (bicyclic) bond motifs is 2. The van der Waals surface area contributed by atoms with Gasteiger partial charge in [-0.25, -0.2) is 22.0 Å². The van der Waals surface area contributed by atoms with E-state index < -0.39 is 91.8 Å². The summed E-state index contributed by atoms with van der Waals surface area (Å²) in [5.41, 5.74) is -2.61. The van der Waals surface area contributed by atoms with Crippen molar-refractivity contribution in [1.29, 1.82) is 0 Å². The van der Waals surface area contributed by atoms with Crippen LogP contribution in [-0.2, 0) is 29.1 Å². The molecule has 4 aliphatic rings. The highest BCUT2D eigenvalue weighted by molar-refractivity contribution is 7.91. The molecule has 2 saturated carbocycles.